The van der Waals surface area contributed by atoms with Gasteiger partial charge in [-0.05, 0) is 56.2 Å². The van der Waals surface area contributed by atoms with Crippen LogP contribution in [-0.4, -0.2) is 31.7 Å². The third kappa shape index (κ3) is 5.48. The molecule has 1 N–H and O–H groups in total. The molecular formula is C21H25NO5. The number of rotatable bonds is 8. The Labute approximate surface area is 159 Å². The topological polar surface area (TPSA) is 73.9 Å². The highest BCUT2D eigenvalue weighted by Crippen LogP contribution is 2.28. The molecule has 2 aromatic carbocycles. The third-order valence-corrected chi connectivity index (χ3v) is 3.98. The predicted octanol–water partition coefficient (Wildman–Crippen LogP) is 3.84. The van der Waals surface area contributed by atoms with Crippen molar-refractivity contribution in [2.75, 3.05) is 19.0 Å². The van der Waals surface area contributed by atoms with Gasteiger partial charge in [-0.3, -0.25) is 4.79 Å². The normalized spacial score (nSPS) is 11.4. The van der Waals surface area contributed by atoms with E-state index < -0.39 is 18.0 Å². The van der Waals surface area contributed by atoms with Gasteiger partial charge in [0.05, 0.1) is 19.3 Å². The number of aryl methyl sites for hydroxylation is 1. The lowest BCUT2D eigenvalue weighted by molar-refractivity contribution is -0.123. The maximum absolute atomic E-state index is 12.4. The second-order valence-electron chi connectivity index (χ2n) is 5.89. The van der Waals surface area contributed by atoms with Crippen molar-refractivity contribution in [1.82, 2.24) is 0 Å². The Hall–Kier alpha value is -3.02. The lowest BCUT2D eigenvalue weighted by Gasteiger charge is -2.15. The van der Waals surface area contributed by atoms with Crippen molar-refractivity contribution in [2.24, 2.45) is 0 Å². The third-order valence-electron chi connectivity index (χ3n) is 3.98. The van der Waals surface area contributed by atoms with Gasteiger partial charge in [-0.15, -0.1) is 0 Å². The van der Waals surface area contributed by atoms with Crippen LogP contribution in [0.1, 0.15) is 36.7 Å². The van der Waals surface area contributed by atoms with E-state index in [-0.39, 0.29) is 5.56 Å². The molecule has 2 rings (SSSR count). The van der Waals surface area contributed by atoms with Gasteiger partial charge in [0.25, 0.3) is 5.91 Å². The Morgan fingerprint density at radius 3 is 2.33 bits per heavy atom. The van der Waals surface area contributed by atoms with Crippen molar-refractivity contribution in [3.05, 3.63) is 53.6 Å². The van der Waals surface area contributed by atoms with E-state index >= 15 is 0 Å². The summed E-state index contributed by atoms with van der Waals surface area (Å²) in [5, 5.41) is 2.74. The molecule has 1 unspecified atom stereocenters. The Bertz CT molecular complexity index is 786. The number of amides is 1. The summed E-state index contributed by atoms with van der Waals surface area (Å²) in [5.74, 6) is -0.0361. The molecule has 2 aromatic rings. The highest BCUT2D eigenvalue weighted by atomic mass is 16.5. The summed E-state index contributed by atoms with van der Waals surface area (Å²) in [5.41, 5.74) is 2.12. The van der Waals surface area contributed by atoms with Gasteiger partial charge >= 0.3 is 5.97 Å². The molecule has 0 aliphatic heterocycles. The molecule has 0 spiro atoms. The van der Waals surface area contributed by atoms with E-state index in [4.69, 9.17) is 14.2 Å². The second kappa shape index (κ2) is 9.62. The number of nitrogens with one attached hydrogen (secondary N) is 1. The second-order valence-corrected chi connectivity index (χ2v) is 5.89. The molecule has 0 saturated carbocycles. The standard InChI is InChI=1S/C21H25NO5/c1-5-15-7-10-17(11-8-15)22-20(23)14(3)27-21(24)16-9-12-18(25-4)19(13-16)26-6-2/h7-14H,5-6H2,1-4H3,(H,22,23). The number of anilines is 1. The fourth-order valence-electron chi connectivity index (χ4n) is 2.42. The molecule has 0 saturated heterocycles. The van der Waals surface area contributed by atoms with Crippen molar-refractivity contribution >= 4 is 17.6 Å². The molecule has 144 valence electrons. The Morgan fingerprint density at radius 2 is 1.74 bits per heavy atom. The summed E-state index contributed by atoms with van der Waals surface area (Å²) < 4.78 is 15.9. The summed E-state index contributed by atoms with van der Waals surface area (Å²) in [6.07, 6.45) is -0.0191. The van der Waals surface area contributed by atoms with Gasteiger partial charge in [-0.1, -0.05) is 19.1 Å². The van der Waals surface area contributed by atoms with Crippen LogP contribution in [-0.2, 0) is 16.0 Å². The van der Waals surface area contributed by atoms with Crippen LogP contribution >= 0.6 is 0 Å². The molecule has 27 heavy (non-hydrogen) atoms. The highest BCUT2D eigenvalue weighted by molar-refractivity contribution is 5.97. The molecule has 0 radical (unpaired) electrons. The van der Waals surface area contributed by atoms with Crippen molar-refractivity contribution in [3.63, 3.8) is 0 Å². The van der Waals surface area contributed by atoms with Crippen LogP contribution in [0.3, 0.4) is 0 Å². The van der Waals surface area contributed by atoms with Crippen LogP contribution in [0.4, 0.5) is 5.69 Å². The summed E-state index contributed by atoms with van der Waals surface area (Å²) >= 11 is 0. The van der Waals surface area contributed by atoms with Gasteiger partial charge in [0, 0.05) is 5.69 Å². The number of carbonyl (C=O) groups excluding carboxylic acids is 2. The average Bonchev–Trinajstić information content (AvgIpc) is 2.68. The summed E-state index contributed by atoms with van der Waals surface area (Å²) in [7, 11) is 1.52. The Kier molecular flexibility index (Phi) is 7.23. The van der Waals surface area contributed by atoms with E-state index in [2.05, 4.69) is 12.2 Å². The smallest absolute Gasteiger partial charge is 0.339 e. The van der Waals surface area contributed by atoms with E-state index in [0.29, 0.717) is 23.8 Å². The molecule has 0 aliphatic carbocycles. The van der Waals surface area contributed by atoms with E-state index in [1.807, 2.05) is 31.2 Å². The first-order valence-corrected chi connectivity index (χ1v) is 8.90. The molecule has 6 heteroatoms. The monoisotopic (exact) mass is 371 g/mol. The van der Waals surface area contributed by atoms with Gasteiger partial charge in [-0.25, -0.2) is 4.79 Å². The molecule has 1 atom stereocenters. The van der Waals surface area contributed by atoms with Gasteiger partial charge in [0.15, 0.2) is 17.6 Å². The van der Waals surface area contributed by atoms with Gasteiger partial charge in [0.1, 0.15) is 0 Å². The van der Waals surface area contributed by atoms with Gasteiger partial charge in [-0.2, -0.15) is 0 Å². The van der Waals surface area contributed by atoms with Crippen LogP contribution < -0.4 is 14.8 Å². The van der Waals surface area contributed by atoms with Crippen molar-refractivity contribution in [1.29, 1.82) is 0 Å². The molecule has 0 bridgehead atoms. The molecule has 0 aliphatic rings. The fraction of sp³-hybridized carbons (Fsp3) is 0.333. The van der Waals surface area contributed by atoms with E-state index in [9.17, 15) is 9.59 Å². The lowest BCUT2D eigenvalue weighted by atomic mass is 10.1. The van der Waals surface area contributed by atoms with Crippen LogP contribution in [0.2, 0.25) is 0 Å². The molecule has 0 aromatic heterocycles. The van der Waals surface area contributed by atoms with E-state index in [1.54, 1.807) is 18.2 Å². The van der Waals surface area contributed by atoms with E-state index in [1.165, 1.54) is 19.6 Å². The largest absolute Gasteiger partial charge is 0.493 e. The zero-order chi connectivity index (χ0) is 19.8. The Balaban J connectivity index is 2.01. The quantitative estimate of drug-likeness (QED) is 0.714. The number of carbonyl (C=O) groups is 2. The number of ether oxygens (including phenoxy) is 3. The SMILES string of the molecule is CCOc1cc(C(=O)OC(C)C(=O)Nc2ccc(CC)cc2)ccc1OC. The molecular weight excluding hydrogens is 346 g/mol. The average molecular weight is 371 g/mol. The molecule has 1 amide bonds. The molecule has 0 fully saturated rings. The summed E-state index contributed by atoms with van der Waals surface area (Å²) in [4.78, 5) is 24.6. The number of methoxy groups -OCH3 is 1. The first-order chi connectivity index (χ1) is 13.0. The van der Waals surface area contributed by atoms with Gasteiger partial charge < -0.3 is 19.5 Å². The fourth-order valence-corrected chi connectivity index (χ4v) is 2.42. The maximum atomic E-state index is 12.4. The number of esters is 1. The molecule has 0 heterocycles. The Morgan fingerprint density at radius 1 is 1.04 bits per heavy atom. The van der Waals surface area contributed by atoms with Crippen LogP contribution in [0.25, 0.3) is 0 Å². The summed E-state index contributed by atoms with van der Waals surface area (Å²) in [6.45, 7) is 5.86. The van der Waals surface area contributed by atoms with Crippen molar-refractivity contribution in [2.45, 2.75) is 33.3 Å². The minimum absolute atomic E-state index is 0.284. The predicted molar refractivity (Wildman–Crippen MR) is 103 cm³/mol. The minimum atomic E-state index is -0.944. The number of hydrogen-bond donors (Lipinski definition) is 1. The van der Waals surface area contributed by atoms with Crippen LogP contribution in [0.15, 0.2) is 42.5 Å². The number of hydrogen-bond acceptors (Lipinski definition) is 5. The van der Waals surface area contributed by atoms with Crippen molar-refractivity contribution < 1.29 is 23.8 Å². The van der Waals surface area contributed by atoms with Gasteiger partial charge in [0.2, 0.25) is 0 Å². The van der Waals surface area contributed by atoms with Crippen molar-refractivity contribution in [3.8, 4) is 11.5 Å². The van der Waals surface area contributed by atoms with Crippen LogP contribution in [0, 0.1) is 0 Å². The maximum Gasteiger partial charge on any atom is 0.339 e. The zero-order valence-electron chi connectivity index (χ0n) is 16.1. The minimum Gasteiger partial charge on any atom is -0.493 e. The highest BCUT2D eigenvalue weighted by Gasteiger charge is 2.20. The number of benzene rings is 2. The zero-order valence-corrected chi connectivity index (χ0v) is 16.1. The van der Waals surface area contributed by atoms with Crippen LogP contribution in [0.5, 0.6) is 11.5 Å². The first kappa shape index (κ1) is 20.3. The van der Waals surface area contributed by atoms with E-state index in [0.717, 1.165) is 6.42 Å². The first-order valence-electron chi connectivity index (χ1n) is 8.90. The lowest BCUT2D eigenvalue weighted by Crippen LogP contribution is -2.30. The molecule has 6 nitrogen and oxygen atoms in total. The summed E-state index contributed by atoms with van der Waals surface area (Å²) in [6, 6.07) is 12.3.